The highest BCUT2D eigenvalue weighted by Gasteiger charge is 2.15. The van der Waals surface area contributed by atoms with Gasteiger partial charge in [-0.2, -0.15) is 0 Å². The van der Waals surface area contributed by atoms with E-state index in [1.165, 1.54) is 12.1 Å². The summed E-state index contributed by atoms with van der Waals surface area (Å²) in [5.41, 5.74) is -0.409. The third-order valence-corrected chi connectivity index (χ3v) is 3.73. The molecule has 3 rings (SSSR count). The van der Waals surface area contributed by atoms with Gasteiger partial charge in [0.25, 0.3) is 5.88 Å². The van der Waals surface area contributed by atoms with E-state index in [1.807, 2.05) is 0 Å². The largest absolute Gasteiger partial charge is 0.480 e. The Morgan fingerprint density at radius 2 is 1.96 bits per heavy atom. The Morgan fingerprint density at radius 1 is 1.25 bits per heavy atom. The SMILES string of the molecule is O=C(O)Cn1c(=O)c(Oc2ccc(Br)cc2)nc2ccc(F)cc21. The minimum Gasteiger partial charge on any atom is -0.480 e. The number of halogens is 2. The van der Waals surface area contributed by atoms with Crippen LogP contribution < -0.4 is 10.3 Å². The van der Waals surface area contributed by atoms with E-state index in [9.17, 15) is 14.0 Å². The summed E-state index contributed by atoms with van der Waals surface area (Å²) in [4.78, 5) is 27.6. The molecule has 2 aromatic carbocycles. The van der Waals surface area contributed by atoms with Crippen molar-refractivity contribution in [2.45, 2.75) is 6.54 Å². The Hall–Kier alpha value is -2.74. The number of rotatable bonds is 4. The fourth-order valence-corrected chi connectivity index (χ4v) is 2.43. The number of aliphatic carboxylic acids is 1. The maximum absolute atomic E-state index is 13.4. The van der Waals surface area contributed by atoms with Crippen molar-refractivity contribution in [1.29, 1.82) is 0 Å². The van der Waals surface area contributed by atoms with E-state index in [-0.39, 0.29) is 16.9 Å². The van der Waals surface area contributed by atoms with Crippen LogP contribution in [-0.2, 0) is 11.3 Å². The van der Waals surface area contributed by atoms with Crippen LogP contribution in [0.4, 0.5) is 4.39 Å². The lowest BCUT2D eigenvalue weighted by molar-refractivity contribution is -0.137. The first-order chi connectivity index (χ1) is 11.4. The second kappa shape index (κ2) is 6.40. The van der Waals surface area contributed by atoms with Gasteiger partial charge in [0.1, 0.15) is 18.1 Å². The van der Waals surface area contributed by atoms with Crippen molar-refractivity contribution in [2.24, 2.45) is 0 Å². The van der Waals surface area contributed by atoms with Crippen LogP contribution in [0.3, 0.4) is 0 Å². The van der Waals surface area contributed by atoms with Crippen LogP contribution in [0.1, 0.15) is 0 Å². The molecular formula is C16H10BrFN2O4. The number of carbonyl (C=O) groups is 1. The zero-order chi connectivity index (χ0) is 17.3. The number of aromatic nitrogens is 2. The lowest BCUT2D eigenvalue weighted by Gasteiger charge is -2.11. The van der Waals surface area contributed by atoms with Gasteiger partial charge >= 0.3 is 11.5 Å². The molecule has 0 spiro atoms. The lowest BCUT2D eigenvalue weighted by Crippen LogP contribution is -2.26. The first kappa shape index (κ1) is 16.1. The molecule has 0 unspecified atom stereocenters. The zero-order valence-corrected chi connectivity index (χ0v) is 13.7. The van der Waals surface area contributed by atoms with Gasteiger partial charge in [0.05, 0.1) is 11.0 Å². The number of ether oxygens (including phenoxy) is 1. The van der Waals surface area contributed by atoms with E-state index in [0.717, 1.165) is 15.1 Å². The van der Waals surface area contributed by atoms with E-state index >= 15 is 0 Å². The second-order valence-electron chi connectivity index (χ2n) is 4.89. The maximum Gasteiger partial charge on any atom is 0.323 e. The smallest absolute Gasteiger partial charge is 0.323 e. The number of hydrogen-bond donors (Lipinski definition) is 1. The van der Waals surface area contributed by atoms with Crippen LogP contribution in [0.25, 0.3) is 11.0 Å². The van der Waals surface area contributed by atoms with Crippen LogP contribution in [0.15, 0.2) is 51.7 Å². The monoisotopic (exact) mass is 392 g/mol. The van der Waals surface area contributed by atoms with Crippen LogP contribution in [-0.4, -0.2) is 20.6 Å². The second-order valence-corrected chi connectivity index (χ2v) is 5.81. The molecule has 1 heterocycles. The number of fused-ring (bicyclic) bond motifs is 1. The molecule has 1 aromatic heterocycles. The highest BCUT2D eigenvalue weighted by Crippen LogP contribution is 2.22. The van der Waals surface area contributed by atoms with E-state index in [0.29, 0.717) is 5.75 Å². The fourth-order valence-electron chi connectivity index (χ4n) is 2.16. The van der Waals surface area contributed by atoms with Gasteiger partial charge in [-0.3, -0.25) is 14.2 Å². The Labute approximate surface area is 143 Å². The molecule has 1 N–H and O–H groups in total. The predicted molar refractivity (Wildman–Crippen MR) is 87.8 cm³/mol. The third-order valence-electron chi connectivity index (χ3n) is 3.20. The molecule has 0 aliphatic carbocycles. The van der Waals surface area contributed by atoms with E-state index < -0.39 is 23.9 Å². The van der Waals surface area contributed by atoms with Gasteiger partial charge in [-0.05, 0) is 42.5 Å². The first-order valence-corrected chi connectivity index (χ1v) is 7.58. The minimum atomic E-state index is -1.23. The topological polar surface area (TPSA) is 81.4 Å². The molecule has 0 saturated carbocycles. The van der Waals surface area contributed by atoms with Crippen molar-refractivity contribution in [3.8, 4) is 11.6 Å². The van der Waals surface area contributed by atoms with Crippen LogP contribution >= 0.6 is 15.9 Å². The van der Waals surface area contributed by atoms with Crippen molar-refractivity contribution in [2.75, 3.05) is 0 Å². The van der Waals surface area contributed by atoms with Crippen molar-refractivity contribution in [3.63, 3.8) is 0 Å². The highest BCUT2D eigenvalue weighted by atomic mass is 79.9. The molecule has 0 amide bonds. The summed E-state index contributed by atoms with van der Waals surface area (Å²) in [6, 6.07) is 10.3. The molecule has 24 heavy (non-hydrogen) atoms. The summed E-state index contributed by atoms with van der Waals surface area (Å²) >= 11 is 3.29. The van der Waals surface area contributed by atoms with Gasteiger partial charge < -0.3 is 9.84 Å². The summed E-state index contributed by atoms with van der Waals surface area (Å²) in [6.07, 6.45) is 0. The van der Waals surface area contributed by atoms with E-state index in [2.05, 4.69) is 20.9 Å². The van der Waals surface area contributed by atoms with Crippen LogP contribution in [0.5, 0.6) is 11.6 Å². The molecule has 0 aliphatic rings. The molecular weight excluding hydrogens is 383 g/mol. The van der Waals surface area contributed by atoms with Crippen molar-refractivity contribution < 1.29 is 19.0 Å². The molecule has 0 bridgehead atoms. The number of hydrogen-bond acceptors (Lipinski definition) is 4. The molecule has 0 atom stereocenters. The molecule has 0 fully saturated rings. The molecule has 0 aliphatic heterocycles. The summed E-state index contributed by atoms with van der Waals surface area (Å²) in [7, 11) is 0. The number of carboxylic acid groups (broad SMARTS) is 1. The van der Waals surface area contributed by atoms with Gasteiger partial charge in [0.2, 0.25) is 0 Å². The summed E-state index contributed by atoms with van der Waals surface area (Å²) in [5.74, 6) is -1.74. The van der Waals surface area contributed by atoms with Crippen molar-refractivity contribution >= 4 is 32.9 Å². The summed E-state index contributed by atoms with van der Waals surface area (Å²) in [6.45, 7) is -0.627. The van der Waals surface area contributed by atoms with Crippen LogP contribution in [0.2, 0.25) is 0 Å². The molecule has 0 radical (unpaired) electrons. The number of carboxylic acids is 1. The summed E-state index contributed by atoms with van der Waals surface area (Å²) in [5, 5.41) is 9.01. The molecule has 0 saturated heterocycles. The molecule has 3 aromatic rings. The summed E-state index contributed by atoms with van der Waals surface area (Å²) < 4.78 is 20.7. The Balaban J connectivity index is 2.16. The van der Waals surface area contributed by atoms with Crippen LogP contribution in [0, 0.1) is 5.82 Å². The number of benzene rings is 2. The standard InChI is InChI=1S/C16H10BrFN2O4/c17-9-1-4-11(5-2-9)24-15-16(23)20(8-14(21)22)13-7-10(18)3-6-12(13)19-15/h1-7H,8H2,(H,21,22). The Kier molecular flexibility index (Phi) is 4.30. The highest BCUT2D eigenvalue weighted by molar-refractivity contribution is 9.10. The van der Waals surface area contributed by atoms with E-state index in [1.54, 1.807) is 24.3 Å². The Bertz CT molecular complexity index is 986. The number of nitrogens with zero attached hydrogens (tertiary/aromatic N) is 2. The Morgan fingerprint density at radius 3 is 2.62 bits per heavy atom. The molecule has 8 heteroatoms. The quantitative estimate of drug-likeness (QED) is 0.737. The van der Waals surface area contributed by atoms with Gasteiger partial charge in [-0.25, -0.2) is 9.37 Å². The van der Waals surface area contributed by atoms with E-state index in [4.69, 9.17) is 9.84 Å². The maximum atomic E-state index is 13.4. The molecule has 6 nitrogen and oxygen atoms in total. The van der Waals surface area contributed by atoms with Crippen molar-refractivity contribution in [3.05, 3.63) is 63.1 Å². The average molecular weight is 393 g/mol. The lowest BCUT2D eigenvalue weighted by atomic mass is 10.3. The average Bonchev–Trinajstić information content (AvgIpc) is 2.54. The van der Waals surface area contributed by atoms with Gasteiger partial charge in [0, 0.05) is 4.47 Å². The third kappa shape index (κ3) is 3.28. The van der Waals surface area contributed by atoms with Crippen molar-refractivity contribution in [1.82, 2.24) is 9.55 Å². The minimum absolute atomic E-state index is 0.0885. The predicted octanol–water partition coefficient (Wildman–Crippen LogP) is 3.18. The van der Waals surface area contributed by atoms with Gasteiger partial charge in [-0.15, -0.1) is 0 Å². The van der Waals surface area contributed by atoms with Gasteiger partial charge in [-0.1, -0.05) is 15.9 Å². The zero-order valence-electron chi connectivity index (χ0n) is 12.1. The molecule has 122 valence electrons. The van der Waals surface area contributed by atoms with Gasteiger partial charge in [0.15, 0.2) is 0 Å². The fraction of sp³-hybridized carbons (Fsp3) is 0.0625. The normalized spacial score (nSPS) is 10.8. The first-order valence-electron chi connectivity index (χ1n) is 6.79.